The third-order valence-corrected chi connectivity index (χ3v) is 4.68. The van der Waals surface area contributed by atoms with Crippen molar-refractivity contribution in [3.8, 4) is 17.0 Å². The molecule has 0 fully saturated rings. The first-order valence-corrected chi connectivity index (χ1v) is 9.59. The molecule has 0 unspecified atom stereocenters. The summed E-state index contributed by atoms with van der Waals surface area (Å²) in [5, 5.41) is 7.85. The molecule has 29 heavy (non-hydrogen) atoms. The second-order valence-electron chi connectivity index (χ2n) is 7.77. The van der Waals surface area contributed by atoms with E-state index in [9.17, 15) is 0 Å². The molecule has 0 amide bonds. The highest BCUT2D eigenvalue weighted by Crippen LogP contribution is 2.33. The van der Waals surface area contributed by atoms with Crippen molar-refractivity contribution >= 4 is 40.0 Å². The van der Waals surface area contributed by atoms with Gasteiger partial charge in [0.25, 0.3) is 0 Å². The number of nitrogen functional groups attached to an aromatic ring is 1. The average molecular weight is 412 g/mol. The van der Waals surface area contributed by atoms with Gasteiger partial charge in [0.2, 0.25) is 0 Å². The van der Waals surface area contributed by atoms with Crippen LogP contribution >= 0.6 is 12.4 Å². The van der Waals surface area contributed by atoms with Gasteiger partial charge >= 0.3 is 0 Å². The van der Waals surface area contributed by atoms with Gasteiger partial charge in [0, 0.05) is 11.6 Å². The first-order chi connectivity index (χ1) is 13.4. The zero-order valence-corrected chi connectivity index (χ0v) is 17.9. The first-order valence-electron chi connectivity index (χ1n) is 9.59. The predicted octanol–water partition coefficient (Wildman–Crippen LogP) is 5.27. The van der Waals surface area contributed by atoms with Crippen molar-refractivity contribution < 1.29 is 4.74 Å². The van der Waals surface area contributed by atoms with Crippen molar-refractivity contribution in [2.24, 2.45) is 5.92 Å². The molecule has 0 atom stereocenters. The Morgan fingerprint density at radius 1 is 1.00 bits per heavy atom. The summed E-state index contributed by atoms with van der Waals surface area (Å²) in [5.41, 5.74) is 8.74. The highest BCUT2D eigenvalue weighted by atomic mass is 35.5. The minimum atomic E-state index is 0. The Labute approximate surface area is 176 Å². The van der Waals surface area contributed by atoms with Gasteiger partial charge in [-0.15, -0.1) is 12.4 Å². The van der Waals surface area contributed by atoms with E-state index in [1.807, 2.05) is 10.7 Å². The van der Waals surface area contributed by atoms with E-state index >= 15 is 0 Å². The number of halogens is 1. The number of nitrogens with two attached hydrogens (primary N) is 1. The van der Waals surface area contributed by atoms with Crippen molar-refractivity contribution in [1.29, 1.82) is 0 Å². The molecule has 2 N–H and O–H groups in total. The van der Waals surface area contributed by atoms with E-state index in [-0.39, 0.29) is 18.4 Å². The predicted molar refractivity (Wildman–Crippen MR) is 121 cm³/mol. The molecule has 0 aliphatic heterocycles. The van der Waals surface area contributed by atoms with Crippen molar-refractivity contribution in [1.82, 2.24) is 19.7 Å². The SMILES string of the molecule is CC(C)COc1ccc2cc(-c3nn(C(C)C)c4ncnc(N)c34)ccc2c1.Cl. The lowest BCUT2D eigenvalue weighted by molar-refractivity contribution is 0.271. The molecule has 0 aliphatic rings. The zero-order chi connectivity index (χ0) is 19.8. The van der Waals surface area contributed by atoms with Gasteiger partial charge in [-0.05, 0) is 48.7 Å². The molecule has 2 heterocycles. The van der Waals surface area contributed by atoms with E-state index in [1.54, 1.807) is 0 Å². The van der Waals surface area contributed by atoms with Gasteiger partial charge in [-0.3, -0.25) is 0 Å². The molecule has 2 aromatic carbocycles. The quantitative estimate of drug-likeness (QED) is 0.484. The van der Waals surface area contributed by atoms with Crippen molar-refractivity contribution in [3.05, 3.63) is 42.7 Å². The zero-order valence-electron chi connectivity index (χ0n) is 17.1. The molecule has 0 saturated carbocycles. The van der Waals surface area contributed by atoms with Gasteiger partial charge in [0.05, 0.1) is 12.0 Å². The summed E-state index contributed by atoms with van der Waals surface area (Å²) >= 11 is 0. The fraction of sp³-hybridized carbons (Fsp3) is 0.318. The van der Waals surface area contributed by atoms with Crippen LogP contribution in [0.15, 0.2) is 42.7 Å². The molecule has 0 spiro atoms. The Morgan fingerprint density at radius 2 is 1.72 bits per heavy atom. The molecule has 7 heteroatoms. The second-order valence-corrected chi connectivity index (χ2v) is 7.77. The van der Waals surface area contributed by atoms with E-state index in [0.29, 0.717) is 18.3 Å². The molecule has 4 aromatic rings. The highest BCUT2D eigenvalue weighted by molar-refractivity contribution is 6.00. The maximum absolute atomic E-state index is 6.18. The number of anilines is 1. The number of rotatable bonds is 5. The topological polar surface area (TPSA) is 78.8 Å². The number of benzene rings is 2. The molecule has 0 aliphatic carbocycles. The van der Waals surface area contributed by atoms with Crippen LogP contribution in [0.2, 0.25) is 0 Å². The largest absolute Gasteiger partial charge is 0.493 e. The van der Waals surface area contributed by atoms with Crippen LogP contribution in [0.4, 0.5) is 5.82 Å². The molecule has 152 valence electrons. The molecule has 0 bridgehead atoms. The summed E-state index contributed by atoms with van der Waals surface area (Å²) in [6.07, 6.45) is 1.49. The standard InChI is InChI=1S/C22H25N5O.ClH/c1-13(2)11-28-18-8-7-15-9-17(6-5-16(15)10-18)20-19-21(23)24-12-25-22(19)27(26-20)14(3)4;/h5-10,12-14H,11H2,1-4H3,(H2,23,24,25);1H. The van der Waals surface area contributed by atoms with Crippen molar-refractivity contribution in [2.45, 2.75) is 33.7 Å². The molecular weight excluding hydrogens is 386 g/mol. The van der Waals surface area contributed by atoms with Crippen LogP contribution in [0.3, 0.4) is 0 Å². The number of nitrogens with zero attached hydrogens (tertiary/aromatic N) is 4. The molecule has 0 radical (unpaired) electrons. The summed E-state index contributed by atoms with van der Waals surface area (Å²) < 4.78 is 7.74. The Balaban J connectivity index is 0.00000240. The third kappa shape index (κ3) is 3.98. The Bertz CT molecular complexity index is 1150. The fourth-order valence-electron chi connectivity index (χ4n) is 3.28. The van der Waals surface area contributed by atoms with Crippen LogP contribution in [0.25, 0.3) is 33.1 Å². The lowest BCUT2D eigenvalue weighted by atomic mass is 10.0. The van der Waals surface area contributed by atoms with Crippen LogP contribution in [0.1, 0.15) is 33.7 Å². The van der Waals surface area contributed by atoms with Crippen LogP contribution < -0.4 is 10.5 Å². The van der Waals surface area contributed by atoms with Crippen molar-refractivity contribution in [3.63, 3.8) is 0 Å². The summed E-state index contributed by atoms with van der Waals surface area (Å²) in [7, 11) is 0. The molecule has 4 rings (SSSR count). The maximum Gasteiger partial charge on any atom is 0.164 e. The molecular formula is C22H26ClN5O. The Kier molecular flexibility index (Phi) is 5.94. The minimum absolute atomic E-state index is 0. The number of fused-ring (bicyclic) bond motifs is 2. The lowest BCUT2D eigenvalue weighted by Crippen LogP contribution is -2.04. The monoisotopic (exact) mass is 411 g/mol. The van der Waals surface area contributed by atoms with E-state index in [4.69, 9.17) is 15.6 Å². The smallest absolute Gasteiger partial charge is 0.164 e. The summed E-state index contributed by atoms with van der Waals surface area (Å²) in [4.78, 5) is 8.58. The Hall–Kier alpha value is -2.86. The second kappa shape index (κ2) is 8.25. The summed E-state index contributed by atoms with van der Waals surface area (Å²) in [5.74, 6) is 1.83. The highest BCUT2D eigenvalue weighted by Gasteiger charge is 2.18. The molecule has 0 saturated heterocycles. The summed E-state index contributed by atoms with van der Waals surface area (Å²) in [6, 6.07) is 12.6. The minimum Gasteiger partial charge on any atom is -0.493 e. The van der Waals surface area contributed by atoms with E-state index in [0.717, 1.165) is 38.8 Å². The third-order valence-electron chi connectivity index (χ3n) is 4.68. The van der Waals surface area contributed by atoms with Crippen LogP contribution in [-0.4, -0.2) is 26.4 Å². The first kappa shape index (κ1) is 20.9. The van der Waals surface area contributed by atoms with Gasteiger partial charge in [0.15, 0.2) is 5.65 Å². The van der Waals surface area contributed by atoms with Gasteiger partial charge in [0.1, 0.15) is 23.6 Å². The number of hydrogen-bond donors (Lipinski definition) is 1. The number of ether oxygens (including phenoxy) is 1. The van der Waals surface area contributed by atoms with E-state index < -0.39 is 0 Å². The van der Waals surface area contributed by atoms with Gasteiger partial charge < -0.3 is 10.5 Å². The molecule has 2 aromatic heterocycles. The maximum atomic E-state index is 6.18. The van der Waals surface area contributed by atoms with E-state index in [1.165, 1.54) is 6.33 Å². The van der Waals surface area contributed by atoms with Gasteiger partial charge in [-0.1, -0.05) is 32.0 Å². The van der Waals surface area contributed by atoms with Crippen LogP contribution in [0, 0.1) is 5.92 Å². The van der Waals surface area contributed by atoms with Gasteiger partial charge in [-0.25, -0.2) is 14.6 Å². The van der Waals surface area contributed by atoms with E-state index in [2.05, 4.69) is 68.0 Å². The number of hydrogen-bond acceptors (Lipinski definition) is 5. The lowest BCUT2D eigenvalue weighted by Gasteiger charge is -2.10. The normalized spacial score (nSPS) is 11.4. The Morgan fingerprint density at radius 3 is 2.45 bits per heavy atom. The van der Waals surface area contributed by atoms with Gasteiger partial charge in [-0.2, -0.15) is 5.10 Å². The van der Waals surface area contributed by atoms with Crippen molar-refractivity contribution in [2.75, 3.05) is 12.3 Å². The summed E-state index contributed by atoms with van der Waals surface area (Å²) in [6.45, 7) is 9.15. The number of aromatic nitrogens is 4. The van der Waals surface area contributed by atoms with Crippen LogP contribution in [0.5, 0.6) is 5.75 Å². The molecule has 6 nitrogen and oxygen atoms in total. The average Bonchev–Trinajstić information content (AvgIpc) is 3.07. The van der Waals surface area contributed by atoms with Crippen LogP contribution in [-0.2, 0) is 0 Å². The fourth-order valence-corrected chi connectivity index (χ4v) is 3.28.